The lowest BCUT2D eigenvalue weighted by molar-refractivity contribution is -0.143. The topological polar surface area (TPSA) is 160 Å². The SMILES string of the molecule is CCOc1ccc2c(c1)CC(NCCCCO)C(=O)N2c1ccc2c(c1)[C@@]1(O[C@H](CCn3cc(CCO)nn3)[C@@H]([Si](C)(C)c3ccc(OC)cc3)[C@@H]1C)C(=O)N2. The van der Waals surface area contributed by atoms with Crippen molar-refractivity contribution in [1.82, 2.24) is 20.3 Å². The highest BCUT2D eigenvalue weighted by molar-refractivity contribution is 6.91. The van der Waals surface area contributed by atoms with Crippen LogP contribution < -0.4 is 30.2 Å². The second-order valence-electron chi connectivity index (χ2n) is 15.6. The number of carbonyl (C=O) groups excluding carboxylic acids is 2. The molecule has 2 amide bonds. The lowest BCUT2D eigenvalue weighted by atomic mass is 9.82. The minimum absolute atomic E-state index is 0.00455. The van der Waals surface area contributed by atoms with Gasteiger partial charge in [-0.15, -0.1) is 5.10 Å². The Balaban J connectivity index is 1.28. The van der Waals surface area contributed by atoms with Crippen LogP contribution in [0.4, 0.5) is 17.1 Å². The lowest BCUT2D eigenvalue weighted by Gasteiger charge is -2.37. The number of anilines is 3. The quantitative estimate of drug-likeness (QED) is 0.0947. The van der Waals surface area contributed by atoms with Crippen molar-refractivity contribution in [2.24, 2.45) is 5.92 Å². The molecule has 56 heavy (non-hydrogen) atoms. The molecular formula is C42H54N6O7Si. The fraction of sp³-hybridized carbons (Fsp3) is 0.476. The molecule has 0 radical (unpaired) electrons. The molecule has 1 unspecified atom stereocenters. The first-order valence-corrected chi connectivity index (χ1v) is 22.9. The molecule has 1 spiro atoms. The monoisotopic (exact) mass is 782 g/mol. The number of hydrogen-bond acceptors (Lipinski definition) is 10. The third-order valence-electron chi connectivity index (χ3n) is 11.9. The van der Waals surface area contributed by atoms with Gasteiger partial charge in [-0.3, -0.25) is 19.2 Å². The van der Waals surface area contributed by atoms with Crippen molar-refractivity contribution in [3.05, 3.63) is 83.7 Å². The standard InChI is InChI=1S/C42H54N6O7Si/c1-6-54-32-12-16-37-28(23-32)24-36(43-19-7-8-21-49)40(51)48(37)30-9-15-35-34(25-30)42(41(52)44-35)27(2)39(56(4,5)33-13-10-31(53-3)11-14-33)38(55-42)17-20-47-26-29(18-22-50)45-46-47/h9-16,23,25-27,36,38-39,43,49-50H,6-8,17-22,24H2,1-5H3,(H,44,52)/t27-,36?,38+,39-,42+/m0/s1. The molecule has 0 saturated carbocycles. The van der Waals surface area contributed by atoms with Crippen molar-refractivity contribution < 1.29 is 34.0 Å². The number of nitrogens with one attached hydrogen (secondary N) is 2. The van der Waals surface area contributed by atoms with Gasteiger partial charge in [-0.25, -0.2) is 0 Å². The summed E-state index contributed by atoms with van der Waals surface area (Å²) in [7, 11) is -0.721. The van der Waals surface area contributed by atoms with Crippen LogP contribution in [0.2, 0.25) is 18.6 Å². The number of nitrogens with zero attached hydrogens (tertiary/aromatic N) is 4. The van der Waals surface area contributed by atoms with Gasteiger partial charge in [0.25, 0.3) is 5.91 Å². The van der Waals surface area contributed by atoms with Crippen LogP contribution >= 0.6 is 0 Å². The average molecular weight is 783 g/mol. The normalized spacial score (nSPS) is 23.0. The number of aliphatic hydroxyl groups is 2. The zero-order valence-electron chi connectivity index (χ0n) is 33.0. The van der Waals surface area contributed by atoms with Gasteiger partial charge in [0.1, 0.15) is 11.5 Å². The molecular weight excluding hydrogens is 729 g/mol. The van der Waals surface area contributed by atoms with Crippen LogP contribution in [-0.4, -0.2) is 90.7 Å². The molecule has 3 aliphatic rings. The van der Waals surface area contributed by atoms with Gasteiger partial charge < -0.3 is 35.1 Å². The Hall–Kier alpha value is -4.60. The van der Waals surface area contributed by atoms with E-state index in [-0.39, 0.29) is 42.6 Å². The highest BCUT2D eigenvalue weighted by Gasteiger charge is 2.64. The average Bonchev–Trinajstić information content (AvgIpc) is 3.86. The number of unbranched alkanes of at least 4 members (excludes halogenated alkanes) is 1. The van der Waals surface area contributed by atoms with Crippen LogP contribution in [0.3, 0.4) is 0 Å². The highest BCUT2D eigenvalue weighted by Crippen LogP contribution is 2.59. The van der Waals surface area contributed by atoms with E-state index in [4.69, 9.17) is 14.2 Å². The van der Waals surface area contributed by atoms with Crippen LogP contribution in [0, 0.1) is 5.92 Å². The number of aromatic nitrogens is 3. The number of methoxy groups -OCH3 is 1. The maximum atomic E-state index is 14.5. The van der Waals surface area contributed by atoms with E-state index in [9.17, 15) is 19.8 Å². The molecule has 3 aliphatic heterocycles. The van der Waals surface area contributed by atoms with E-state index in [0.717, 1.165) is 40.4 Å². The third kappa shape index (κ3) is 7.24. The van der Waals surface area contributed by atoms with Gasteiger partial charge in [-0.05, 0) is 98.8 Å². The van der Waals surface area contributed by atoms with Crippen LogP contribution in [0.25, 0.3) is 0 Å². The Bertz CT molecular complexity index is 2040. The van der Waals surface area contributed by atoms with E-state index < -0.39 is 19.7 Å². The summed E-state index contributed by atoms with van der Waals surface area (Å²) in [5.74, 6) is 1.01. The minimum Gasteiger partial charge on any atom is -0.497 e. The number of fused-ring (bicyclic) bond motifs is 3. The first-order valence-electron chi connectivity index (χ1n) is 19.8. The largest absolute Gasteiger partial charge is 0.497 e. The maximum absolute atomic E-state index is 14.5. The molecule has 0 aliphatic carbocycles. The highest BCUT2D eigenvalue weighted by atomic mass is 28.3. The summed E-state index contributed by atoms with van der Waals surface area (Å²) < 4.78 is 20.3. The Morgan fingerprint density at radius 2 is 1.82 bits per heavy atom. The number of amides is 2. The molecule has 4 N–H and O–H groups in total. The van der Waals surface area contributed by atoms with Crippen molar-refractivity contribution in [2.75, 3.05) is 43.7 Å². The van der Waals surface area contributed by atoms with Crippen molar-refractivity contribution in [3.8, 4) is 11.5 Å². The van der Waals surface area contributed by atoms with Crippen LogP contribution in [0.1, 0.15) is 49.9 Å². The first kappa shape index (κ1) is 39.6. The van der Waals surface area contributed by atoms with Gasteiger partial charge in [0.15, 0.2) is 5.60 Å². The van der Waals surface area contributed by atoms with Gasteiger partial charge in [0.2, 0.25) is 5.91 Å². The summed E-state index contributed by atoms with van der Waals surface area (Å²) in [5, 5.41) is 35.1. The summed E-state index contributed by atoms with van der Waals surface area (Å²) in [6.45, 7) is 10.5. The molecule has 3 aromatic carbocycles. The molecule has 13 nitrogen and oxygen atoms in total. The number of rotatable bonds is 16. The molecule has 1 fully saturated rings. The first-order chi connectivity index (χ1) is 27.0. The zero-order chi connectivity index (χ0) is 39.6. The molecule has 1 aromatic heterocycles. The van der Waals surface area contributed by atoms with Gasteiger partial charge in [0, 0.05) is 55.2 Å². The Morgan fingerprint density at radius 3 is 2.55 bits per heavy atom. The van der Waals surface area contributed by atoms with E-state index in [2.05, 4.69) is 53.1 Å². The van der Waals surface area contributed by atoms with E-state index in [0.29, 0.717) is 56.8 Å². The summed E-state index contributed by atoms with van der Waals surface area (Å²) in [6, 6.07) is 19.4. The number of ether oxygens (including phenoxy) is 3. The molecule has 14 heteroatoms. The minimum atomic E-state index is -2.38. The maximum Gasteiger partial charge on any atom is 0.261 e. The van der Waals surface area contributed by atoms with Crippen LogP contribution in [0.15, 0.2) is 66.9 Å². The van der Waals surface area contributed by atoms with Crippen molar-refractivity contribution in [2.45, 2.75) is 88.9 Å². The Morgan fingerprint density at radius 1 is 1.04 bits per heavy atom. The molecule has 4 aromatic rings. The molecule has 5 atom stereocenters. The lowest BCUT2D eigenvalue weighted by Crippen LogP contribution is -2.51. The third-order valence-corrected chi connectivity index (χ3v) is 16.3. The summed E-state index contributed by atoms with van der Waals surface area (Å²) in [4.78, 5) is 30.7. The number of hydrogen-bond donors (Lipinski definition) is 4. The van der Waals surface area contributed by atoms with E-state index in [1.807, 2.05) is 61.7 Å². The number of carbonyl (C=O) groups is 2. The molecule has 4 heterocycles. The van der Waals surface area contributed by atoms with E-state index >= 15 is 0 Å². The Labute approximate surface area is 329 Å². The van der Waals surface area contributed by atoms with Crippen molar-refractivity contribution in [3.63, 3.8) is 0 Å². The second kappa shape index (κ2) is 16.5. The zero-order valence-corrected chi connectivity index (χ0v) is 34.0. The van der Waals surface area contributed by atoms with Crippen LogP contribution in [-0.2, 0) is 39.3 Å². The fourth-order valence-electron chi connectivity index (χ4n) is 9.19. The fourth-order valence-corrected chi connectivity index (χ4v) is 13.2. The van der Waals surface area contributed by atoms with Crippen LogP contribution in [0.5, 0.6) is 11.5 Å². The number of aliphatic hydroxyl groups excluding tert-OH is 2. The predicted octanol–water partition coefficient (Wildman–Crippen LogP) is 4.43. The summed E-state index contributed by atoms with van der Waals surface area (Å²) in [6.07, 6.45) is 4.47. The van der Waals surface area contributed by atoms with Crippen molar-refractivity contribution >= 4 is 42.1 Å². The molecule has 0 bridgehead atoms. The van der Waals surface area contributed by atoms with E-state index in [1.165, 1.54) is 5.19 Å². The van der Waals surface area contributed by atoms with E-state index in [1.54, 1.807) is 16.7 Å². The predicted molar refractivity (Wildman–Crippen MR) is 217 cm³/mol. The summed E-state index contributed by atoms with van der Waals surface area (Å²) in [5.41, 5.74) is 3.24. The molecule has 1 saturated heterocycles. The van der Waals surface area contributed by atoms with Gasteiger partial charge in [0.05, 0.1) is 45.3 Å². The molecule has 7 rings (SSSR count). The number of aryl methyl sites for hydroxylation is 1. The second-order valence-corrected chi connectivity index (χ2v) is 20.3. The smallest absolute Gasteiger partial charge is 0.261 e. The van der Waals surface area contributed by atoms with Gasteiger partial charge in [-0.2, -0.15) is 0 Å². The van der Waals surface area contributed by atoms with Crippen molar-refractivity contribution in [1.29, 1.82) is 0 Å². The molecule has 298 valence electrons. The van der Waals surface area contributed by atoms with Gasteiger partial charge in [-0.1, -0.05) is 42.6 Å². The van der Waals surface area contributed by atoms with Gasteiger partial charge >= 0.3 is 0 Å². The summed E-state index contributed by atoms with van der Waals surface area (Å²) >= 11 is 0. The number of benzene rings is 3. The Kier molecular flexibility index (Phi) is 11.7.